The SMILES string of the molecule is CC/C=C/C1=N/C(=C(\C)NC)C(=O)Nc2cccc(CNC)c2OCCOCCOCCN(CC(=O)NCC=O)S(=O)(=O)c2ccc1cc2.N. The number of hydrogen-bond donors (Lipinski definition) is 5. The number of para-hydroxylation sites is 1. The number of aliphatic imine (C=N–C) groups is 1. The van der Waals surface area contributed by atoms with E-state index in [1.807, 2.05) is 32.2 Å². The Hall–Kier alpha value is -4.45. The summed E-state index contributed by atoms with van der Waals surface area (Å²) in [7, 11) is -0.657. The molecule has 0 radical (unpaired) electrons. The summed E-state index contributed by atoms with van der Waals surface area (Å²) in [5.41, 5.74) is 2.88. The van der Waals surface area contributed by atoms with Gasteiger partial charge in [-0.3, -0.25) is 9.59 Å². The van der Waals surface area contributed by atoms with Crippen molar-refractivity contribution < 1.29 is 37.0 Å². The van der Waals surface area contributed by atoms with Crippen molar-refractivity contribution in [2.45, 2.75) is 31.7 Å². The van der Waals surface area contributed by atoms with E-state index in [-0.39, 0.29) is 62.9 Å². The topological polar surface area (TPSA) is 212 Å². The number of nitrogens with one attached hydrogen (secondary N) is 4. The number of rotatable bonds is 9. The van der Waals surface area contributed by atoms with E-state index in [2.05, 4.69) is 21.3 Å². The van der Waals surface area contributed by atoms with Crippen LogP contribution in [0.5, 0.6) is 5.75 Å². The van der Waals surface area contributed by atoms with E-state index in [0.29, 0.717) is 47.7 Å². The van der Waals surface area contributed by atoms with Crippen LogP contribution in [0.25, 0.3) is 0 Å². The normalized spacial score (nSPS) is 18.5. The monoisotopic (exact) mass is 715 g/mol. The summed E-state index contributed by atoms with van der Waals surface area (Å²) in [5.74, 6) is -0.620. The van der Waals surface area contributed by atoms with E-state index in [0.717, 1.165) is 9.87 Å². The summed E-state index contributed by atoms with van der Waals surface area (Å²) in [5, 5.41) is 11.5. The van der Waals surface area contributed by atoms with Crippen LogP contribution in [-0.2, 0) is 40.4 Å². The lowest BCUT2D eigenvalue weighted by molar-refractivity contribution is -0.122. The largest absolute Gasteiger partial charge is 0.489 e. The number of ether oxygens (including phenoxy) is 3. The number of fused-ring (bicyclic) bond motifs is 15. The van der Waals surface area contributed by atoms with E-state index < -0.39 is 28.4 Å². The predicted molar refractivity (Wildman–Crippen MR) is 192 cm³/mol. The second-order valence-corrected chi connectivity index (χ2v) is 12.7. The van der Waals surface area contributed by atoms with Gasteiger partial charge in [-0.25, -0.2) is 13.4 Å². The first-order valence-corrected chi connectivity index (χ1v) is 17.4. The Morgan fingerprint density at radius 1 is 1.04 bits per heavy atom. The molecule has 4 rings (SSSR count). The van der Waals surface area contributed by atoms with Crippen molar-refractivity contribution in [1.82, 2.24) is 26.4 Å². The molecule has 0 aromatic heterocycles. The van der Waals surface area contributed by atoms with Crippen LogP contribution >= 0.6 is 0 Å². The van der Waals surface area contributed by atoms with Crippen LogP contribution < -0.4 is 32.2 Å². The zero-order valence-corrected chi connectivity index (χ0v) is 29.9. The van der Waals surface area contributed by atoms with Crippen LogP contribution in [0, 0.1) is 0 Å². The molecule has 2 heterocycles. The fraction of sp³-hybridized carbons (Fsp3) is 0.412. The Morgan fingerprint density at radius 2 is 1.74 bits per heavy atom. The maximum absolute atomic E-state index is 13.9. The van der Waals surface area contributed by atoms with E-state index in [4.69, 9.17) is 19.2 Å². The molecule has 7 N–H and O–H groups in total. The Labute approximate surface area is 294 Å². The number of benzene rings is 2. The minimum Gasteiger partial charge on any atom is -0.489 e. The molecule has 2 aromatic carbocycles. The summed E-state index contributed by atoms with van der Waals surface area (Å²) >= 11 is 0. The lowest BCUT2D eigenvalue weighted by Gasteiger charge is -2.22. The Morgan fingerprint density at radius 3 is 2.40 bits per heavy atom. The highest BCUT2D eigenvalue weighted by Gasteiger charge is 2.27. The average Bonchev–Trinajstić information content (AvgIpc) is 3.09. The zero-order chi connectivity index (χ0) is 35.6. The zero-order valence-electron chi connectivity index (χ0n) is 29.1. The molecule has 2 aliphatic heterocycles. The number of hydrogen-bond acceptors (Lipinski definition) is 12. The minimum absolute atomic E-state index is 0. The Bertz CT molecular complexity index is 1630. The maximum Gasteiger partial charge on any atom is 0.276 e. The first-order chi connectivity index (χ1) is 23.7. The molecule has 2 amide bonds. The molecule has 16 heteroatoms. The van der Waals surface area contributed by atoms with Gasteiger partial charge in [-0.05, 0) is 44.7 Å². The number of carbonyl (C=O) groups is 3. The lowest BCUT2D eigenvalue weighted by Crippen LogP contribution is -2.42. The van der Waals surface area contributed by atoms with Crippen LogP contribution in [-0.4, -0.2) is 103 Å². The van der Waals surface area contributed by atoms with Gasteiger partial charge >= 0.3 is 0 Å². The molecule has 2 bridgehead atoms. The molecule has 0 spiro atoms. The molecule has 0 unspecified atom stereocenters. The molecule has 0 saturated heterocycles. The molecule has 0 aliphatic carbocycles. The number of allylic oxidation sites excluding steroid dienone is 3. The van der Waals surface area contributed by atoms with Crippen molar-refractivity contribution in [2.24, 2.45) is 4.99 Å². The number of amides is 2. The van der Waals surface area contributed by atoms with Gasteiger partial charge in [-0.1, -0.05) is 37.3 Å². The Kier molecular flexibility index (Phi) is 18.0. The van der Waals surface area contributed by atoms with Gasteiger partial charge in [-0.2, -0.15) is 4.31 Å². The van der Waals surface area contributed by atoms with Gasteiger partial charge in [0.1, 0.15) is 24.3 Å². The first-order valence-electron chi connectivity index (χ1n) is 16.0. The molecule has 274 valence electrons. The maximum atomic E-state index is 13.9. The number of carbonyl (C=O) groups excluding carboxylic acids is 3. The summed E-state index contributed by atoms with van der Waals surface area (Å²) in [4.78, 5) is 41.8. The third kappa shape index (κ3) is 12.2. The molecule has 0 saturated carbocycles. The highest BCUT2D eigenvalue weighted by atomic mass is 32.2. The molecule has 50 heavy (non-hydrogen) atoms. The van der Waals surface area contributed by atoms with Crippen LogP contribution in [0.15, 0.2) is 75.9 Å². The summed E-state index contributed by atoms with van der Waals surface area (Å²) < 4.78 is 45.8. The third-order valence-corrected chi connectivity index (χ3v) is 9.08. The van der Waals surface area contributed by atoms with Crippen molar-refractivity contribution in [2.75, 3.05) is 72.1 Å². The highest BCUT2D eigenvalue weighted by molar-refractivity contribution is 7.89. The van der Waals surface area contributed by atoms with E-state index in [9.17, 15) is 22.8 Å². The number of anilines is 1. The second-order valence-electron chi connectivity index (χ2n) is 10.7. The summed E-state index contributed by atoms with van der Waals surface area (Å²) in [6.07, 6.45) is 4.85. The predicted octanol–water partition coefficient (Wildman–Crippen LogP) is 2.14. The molecule has 0 fully saturated rings. The molecular weight excluding hydrogens is 666 g/mol. The van der Waals surface area contributed by atoms with E-state index >= 15 is 0 Å². The molecule has 2 aromatic rings. The second kappa shape index (κ2) is 21.6. The van der Waals surface area contributed by atoms with E-state index in [1.165, 1.54) is 12.1 Å². The summed E-state index contributed by atoms with van der Waals surface area (Å²) in [6.45, 7) is 4.10. The number of sulfonamides is 1. The van der Waals surface area contributed by atoms with Gasteiger partial charge in [-0.15, -0.1) is 0 Å². The van der Waals surface area contributed by atoms with Crippen molar-refractivity contribution in [3.8, 4) is 5.75 Å². The third-order valence-electron chi connectivity index (χ3n) is 7.22. The lowest BCUT2D eigenvalue weighted by atomic mass is 10.1. The minimum atomic E-state index is -4.16. The van der Waals surface area contributed by atoms with Crippen molar-refractivity contribution >= 4 is 39.5 Å². The van der Waals surface area contributed by atoms with Gasteiger partial charge in [0.15, 0.2) is 0 Å². The van der Waals surface area contributed by atoms with Crippen LogP contribution in [0.4, 0.5) is 5.69 Å². The van der Waals surface area contributed by atoms with Gasteiger partial charge in [0, 0.05) is 37.0 Å². The van der Waals surface area contributed by atoms with Gasteiger partial charge in [0.25, 0.3) is 5.91 Å². The molecule has 15 nitrogen and oxygen atoms in total. The van der Waals surface area contributed by atoms with Crippen LogP contribution in [0.1, 0.15) is 31.4 Å². The smallest absolute Gasteiger partial charge is 0.276 e. The standard InChI is InChI=1S/C34H46N6O8S.H3N/c1-5-6-9-29-26-11-13-28(14-12-26)49(44,45)40(24-31(42)37-15-17-41)16-18-46-19-20-47-21-22-48-33-27(23-35-3)8-7-10-30(33)39-34(43)32(38-29)25(2)36-4;/h6-14,17,35-36H,5,15-16,18-24H2,1-4H3,(H,37,42)(H,39,43);1H3/b9-6+,32-25+,38-29-;. The van der Waals surface area contributed by atoms with Crippen LogP contribution in [0.3, 0.4) is 0 Å². The van der Waals surface area contributed by atoms with Gasteiger partial charge in [0.05, 0.1) is 55.8 Å². The molecular formula is C34H49N7O8S. The summed E-state index contributed by atoms with van der Waals surface area (Å²) in [6, 6.07) is 11.5. The average molecular weight is 716 g/mol. The number of aldehydes is 1. The van der Waals surface area contributed by atoms with Gasteiger partial charge < -0.3 is 46.4 Å². The molecule has 0 atom stereocenters. The quantitative estimate of drug-likeness (QED) is 0.144. The highest BCUT2D eigenvalue weighted by Crippen LogP contribution is 2.30. The Balaban J connectivity index is 0.00000867. The molecule has 2 aliphatic rings. The van der Waals surface area contributed by atoms with E-state index in [1.54, 1.807) is 38.2 Å². The van der Waals surface area contributed by atoms with Crippen molar-refractivity contribution in [3.63, 3.8) is 0 Å². The van der Waals surface area contributed by atoms with Crippen molar-refractivity contribution in [1.29, 1.82) is 0 Å². The fourth-order valence-electron chi connectivity index (χ4n) is 4.63. The van der Waals surface area contributed by atoms with Gasteiger partial charge in [0.2, 0.25) is 15.9 Å². The van der Waals surface area contributed by atoms with Crippen molar-refractivity contribution in [3.05, 3.63) is 77.1 Å². The number of nitrogens with zero attached hydrogens (tertiary/aromatic N) is 2. The van der Waals surface area contributed by atoms with Crippen LogP contribution in [0.2, 0.25) is 0 Å². The fourth-order valence-corrected chi connectivity index (χ4v) is 6.01. The first kappa shape index (κ1) is 41.7.